The summed E-state index contributed by atoms with van der Waals surface area (Å²) in [6.07, 6.45) is -3.98. The van der Waals surface area contributed by atoms with Gasteiger partial charge in [0.15, 0.2) is 0 Å². The second kappa shape index (κ2) is 12.9. The summed E-state index contributed by atoms with van der Waals surface area (Å²) in [5, 5.41) is 2.21. The van der Waals surface area contributed by atoms with E-state index in [1.807, 2.05) is 0 Å². The zero-order chi connectivity index (χ0) is 30.8. The maximum Gasteiger partial charge on any atom is 0.406 e. The van der Waals surface area contributed by atoms with E-state index in [4.69, 9.17) is 34.8 Å². The Morgan fingerprint density at radius 1 is 1.05 bits per heavy atom. The van der Waals surface area contributed by atoms with Crippen LogP contribution in [0.25, 0.3) is 5.83 Å². The Morgan fingerprint density at radius 2 is 1.60 bits per heavy atom. The molecule has 0 saturated heterocycles. The van der Waals surface area contributed by atoms with Gasteiger partial charge in [-0.3, -0.25) is 9.59 Å². The molecule has 0 saturated carbocycles. The first-order valence-corrected chi connectivity index (χ1v) is 13.5. The van der Waals surface area contributed by atoms with Crippen LogP contribution in [0.3, 0.4) is 0 Å². The summed E-state index contributed by atoms with van der Waals surface area (Å²) in [6.45, 7) is 1.89. The zero-order valence-electron chi connectivity index (χ0n) is 21.5. The number of nitrogens with one attached hydrogen (secondary N) is 1. The van der Waals surface area contributed by atoms with E-state index < -0.39 is 47.7 Å². The molecule has 2 atom stereocenters. The van der Waals surface area contributed by atoms with Crippen LogP contribution in [0.1, 0.15) is 54.6 Å². The van der Waals surface area contributed by atoms with Crippen LogP contribution in [0.2, 0.25) is 15.1 Å². The van der Waals surface area contributed by atoms with Crippen molar-refractivity contribution in [1.82, 2.24) is 10.2 Å². The standard InChI is InChI=1S/C26H24BrCl3F6N2O2/c1-5-24(2,23(40)38(4)12-26(34,35)36)37-22(39)15-7-6-13(8-17(15)27)20(31)11-16(25(3,32)33)14-9-18(28)21(30)19(29)10-14/h6-11,16H,5,12H2,1-4H3,(H,37,39)/b20-11-. The van der Waals surface area contributed by atoms with Crippen molar-refractivity contribution in [2.24, 2.45) is 0 Å². The Hall–Kier alpha value is -1.95. The summed E-state index contributed by atoms with van der Waals surface area (Å²) < 4.78 is 82.5. The predicted octanol–water partition coefficient (Wildman–Crippen LogP) is 9.08. The number of rotatable bonds is 9. The summed E-state index contributed by atoms with van der Waals surface area (Å²) in [5.41, 5.74) is -2.00. The molecular weight excluding hydrogens is 673 g/mol. The number of carbonyl (C=O) groups excluding carboxylic acids is 2. The van der Waals surface area contributed by atoms with E-state index in [-0.39, 0.29) is 42.7 Å². The fraction of sp³-hybridized carbons (Fsp3) is 0.385. The molecule has 0 aliphatic rings. The number of hydrogen-bond acceptors (Lipinski definition) is 2. The second-order valence-electron chi connectivity index (χ2n) is 9.36. The minimum Gasteiger partial charge on any atom is -0.338 e. The molecule has 0 aliphatic carbocycles. The van der Waals surface area contributed by atoms with Gasteiger partial charge in [-0.05, 0) is 65.2 Å². The van der Waals surface area contributed by atoms with E-state index >= 15 is 4.39 Å². The molecule has 0 heterocycles. The maximum atomic E-state index is 15.2. The SMILES string of the molecule is CCC(C)(NC(=O)c1ccc(/C(F)=C/C(c2cc(Cl)c(Cl)c(Cl)c2)C(C)(F)F)cc1Br)C(=O)N(C)CC(F)(F)F. The number of likely N-dealkylation sites (N-methyl/N-ethyl adjacent to an activating group) is 1. The lowest BCUT2D eigenvalue weighted by atomic mass is 9.91. The van der Waals surface area contributed by atoms with Gasteiger partial charge in [-0.25, -0.2) is 13.2 Å². The van der Waals surface area contributed by atoms with Crippen LogP contribution in [-0.2, 0) is 4.79 Å². The Balaban J connectivity index is 2.37. The van der Waals surface area contributed by atoms with Gasteiger partial charge in [-0.2, -0.15) is 13.2 Å². The van der Waals surface area contributed by atoms with Gasteiger partial charge >= 0.3 is 6.18 Å². The van der Waals surface area contributed by atoms with E-state index in [1.54, 1.807) is 0 Å². The van der Waals surface area contributed by atoms with E-state index in [0.717, 1.165) is 31.3 Å². The third kappa shape index (κ3) is 8.53. The van der Waals surface area contributed by atoms with Gasteiger partial charge in [0.25, 0.3) is 11.8 Å². The van der Waals surface area contributed by atoms with Crippen molar-refractivity contribution < 1.29 is 35.9 Å². The molecule has 0 spiro atoms. The molecule has 0 aromatic heterocycles. The topological polar surface area (TPSA) is 49.4 Å². The molecule has 0 radical (unpaired) electrons. The molecular formula is C26H24BrCl3F6N2O2. The van der Waals surface area contributed by atoms with E-state index in [9.17, 15) is 31.5 Å². The molecule has 0 fully saturated rings. The number of benzene rings is 2. The van der Waals surface area contributed by atoms with Crippen LogP contribution in [0, 0.1) is 0 Å². The smallest absolute Gasteiger partial charge is 0.338 e. The van der Waals surface area contributed by atoms with Crippen LogP contribution in [0.15, 0.2) is 40.9 Å². The van der Waals surface area contributed by atoms with Crippen molar-refractivity contribution in [3.8, 4) is 0 Å². The van der Waals surface area contributed by atoms with Crippen molar-refractivity contribution in [3.05, 3.63) is 72.6 Å². The lowest BCUT2D eigenvalue weighted by molar-refractivity contribution is -0.162. The Bertz CT molecular complexity index is 1290. The van der Waals surface area contributed by atoms with Crippen molar-refractivity contribution in [1.29, 1.82) is 0 Å². The normalized spacial score (nSPS) is 14.9. The van der Waals surface area contributed by atoms with Gasteiger partial charge in [-0.1, -0.05) is 47.8 Å². The number of carbonyl (C=O) groups is 2. The number of nitrogens with zero attached hydrogens (tertiary/aromatic N) is 1. The maximum absolute atomic E-state index is 15.2. The average Bonchev–Trinajstić information content (AvgIpc) is 2.82. The molecule has 2 amide bonds. The third-order valence-corrected chi connectivity index (χ3v) is 7.90. The Morgan fingerprint density at radius 3 is 2.05 bits per heavy atom. The first kappa shape index (κ1) is 34.3. The molecule has 4 nitrogen and oxygen atoms in total. The molecule has 2 aromatic carbocycles. The van der Waals surface area contributed by atoms with Crippen molar-refractivity contribution in [2.45, 2.75) is 50.7 Å². The number of alkyl halides is 5. The van der Waals surface area contributed by atoms with Crippen molar-refractivity contribution >= 4 is 68.4 Å². The predicted molar refractivity (Wildman–Crippen MR) is 148 cm³/mol. The Kier molecular flexibility index (Phi) is 11.1. The van der Waals surface area contributed by atoms with E-state index in [2.05, 4.69) is 21.2 Å². The van der Waals surface area contributed by atoms with Crippen molar-refractivity contribution in [2.75, 3.05) is 13.6 Å². The van der Waals surface area contributed by atoms with Gasteiger partial charge < -0.3 is 10.2 Å². The van der Waals surface area contributed by atoms with Gasteiger partial charge in [0.05, 0.1) is 26.5 Å². The molecule has 1 N–H and O–H groups in total. The molecule has 2 unspecified atom stereocenters. The highest BCUT2D eigenvalue weighted by Crippen LogP contribution is 2.41. The van der Waals surface area contributed by atoms with Crippen molar-refractivity contribution in [3.63, 3.8) is 0 Å². The number of allylic oxidation sites excluding steroid dienone is 1. The van der Waals surface area contributed by atoms with Crippen LogP contribution >= 0.6 is 50.7 Å². The van der Waals surface area contributed by atoms with Crippen LogP contribution in [-0.4, -0.2) is 47.9 Å². The summed E-state index contributed by atoms with van der Waals surface area (Å²) >= 11 is 20.9. The first-order valence-electron chi connectivity index (χ1n) is 11.5. The number of hydrogen-bond donors (Lipinski definition) is 1. The highest BCUT2D eigenvalue weighted by atomic mass is 79.9. The first-order chi connectivity index (χ1) is 18.2. The quantitative estimate of drug-likeness (QED) is 0.210. The second-order valence-corrected chi connectivity index (χ2v) is 11.4. The molecule has 2 aromatic rings. The minimum atomic E-state index is -4.63. The summed E-state index contributed by atoms with van der Waals surface area (Å²) in [7, 11) is 0.967. The van der Waals surface area contributed by atoms with E-state index in [0.29, 0.717) is 17.9 Å². The lowest BCUT2D eigenvalue weighted by Gasteiger charge is -2.33. The van der Waals surface area contributed by atoms with Gasteiger partial charge in [0.1, 0.15) is 17.9 Å². The van der Waals surface area contributed by atoms with Gasteiger partial charge in [0, 0.05) is 24.0 Å². The summed E-state index contributed by atoms with van der Waals surface area (Å²) in [5.74, 6) is -8.07. The lowest BCUT2D eigenvalue weighted by Crippen LogP contribution is -2.57. The Labute approximate surface area is 250 Å². The fourth-order valence-corrected chi connectivity index (χ4v) is 4.93. The molecule has 14 heteroatoms. The fourth-order valence-electron chi connectivity index (χ4n) is 3.75. The summed E-state index contributed by atoms with van der Waals surface area (Å²) in [4.78, 5) is 26.1. The van der Waals surface area contributed by atoms with Crippen LogP contribution in [0.5, 0.6) is 0 Å². The van der Waals surface area contributed by atoms with Gasteiger partial charge in [0.2, 0.25) is 5.91 Å². The van der Waals surface area contributed by atoms with E-state index in [1.165, 1.54) is 19.9 Å². The zero-order valence-corrected chi connectivity index (χ0v) is 25.4. The number of amides is 2. The van der Waals surface area contributed by atoms with Crippen LogP contribution in [0.4, 0.5) is 26.3 Å². The van der Waals surface area contributed by atoms with Crippen LogP contribution < -0.4 is 5.32 Å². The largest absolute Gasteiger partial charge is 0.406 e. The highest BCUT2D eigenvalue weighted by Gasteiger charge is 2.40. The minimum absolute atomic E-state index is 0.0296. The summed E-state index contributed by atoms with van der Waals surface area (Å²) in [6, 6.07) is 5.80. The third-order valence-electron chi connectivity index (χ3n) is 6.05. The average molecular weight is 697 g/mol. The highest BCUT2D eigenvalue weighted by molar-refractivity contribution is 9.10. The molecule has 0 aliphatic heterocycles. The number of halogens is 10. The molecule has 2 rings (SSSR count). The van der Waals surface area contributed by atoms with Gasteiger partial charge in [-0.15, -0.1) is 0 Å². The monoisotopic (exact) mass is 694 g/mol. The molecule has 0 bridgehead atoms. The molecule has 220 valence electrons. The molecule has 40 heavy (non-hydrogen) atoms.